The van der Waals surface area contributed by atoms with Gasteiger partial charge in [-0.2, -0.15) is 4.68 Å². The standard InChI is InChI=1S/C15H21N7O/c1-2-13(14(23)21-9-8-11(16)10-21)17-15-18-19-20-22(15)12-6-4-3-5-7-12/h3-7,11,13H,2,8-10,16H2,1H3,(H,17,18,20)/t11-,13+/m1/s1. The van der Waals surface area contributed by atoms with Crippen molar-refractivity contribution in [3.8, 4) is 5.69 Å². The van der Waals surface area contributed by atoms with Gasteiger partial charge in [-0.15, -0.1) is 0 Å². The summed E-state index contributed by atoms with van der Waals surface area (Å²) in [5.74, 6) is 0.503. The van der Waals surface area contributed by atoms with Gasteiger partial charge in [-0.3, -0.25) is 4.79 Å². The SMILES string of the molecule is CC[C@H](Nc1nnnn1-c1ccccc1)C(=O)N1CC[C@@H](N)C1. The molecule has 8 heteroatoms. The number of anilines is 1. The molecule has 2 atom stereocenters. The minimum absolute atomic E-state index is 0.0445. The van der Waals surface area contributed by atoms with Gasteiger partial charge in [0.05, 0.1) is 5.69 Å². The maximum atomic E-state index is 12.6. The third-order valence-electron chi connectivity index (χ3n) is 4.02. The lowest BCUT2D eigenvalue weighted by Gasteiger charge is -2.23. The smallest absolute Gasteiger partial charge is 0.248 e. The monoisotopic (exact) mass is 315 g/mol. The lowest BCUT2D eigenvalue weighted by atomic mass is 10.2. The van der Waals surface area contributed by atoms with Gasteiger partial charge in [0.1, 0.15) is 6.04 Å². The molecule has 0 aliphatic carbocycles. The van der Waals surface area contributed by atoms with Crippen molar-refractivity contribution in [2.45, 2.75) is 31.8 Å². The van der Waals surface area contributed by atoms with E-state index in [1.54, 1.807) is 4.68 Å². The van der Waals surface area contributed by atoms with Crippen LogP contribution in [-0.4, -0.2) is 56.2 Å². The van der Waals surface area contributed by atoms with E-state index in [0.29, 0.717) is 25.5 Å². The van der Waals surface area contributed by atoms with Crippen molar-refractivity contribution in [3.05, 3.63) is 30.3 Å². The molecule has 0 radical (unpaired) electrons. The van der Waals surface area contributed by atoms with Gasteiger partial charge in [0.15, 0.2) is 0 Å². The number of nitrogens with two attached hydrogens (primary N) is 1. The van der Waals surface area contributed by atoms with E-state index in [4.69, 9.17) is 5.73 Å². The number of likely N-dealkylation sites (tertiary alicyclic amines) is 1. The van der Waals surface area contributed by atoms with Gasteiger partial charge in [-0.25, -0.2) is 0 Å². The number of hydrogen-bond donors (Lipinski definition) is 2. The second kappa shape index (κ2) is 6.74. The summed E-state index contributed by atoms with van der Waals surface area (Å²) in [5, 5.41) is 14.9. The molecule has 1 aromatic heterocycles. The largest absolute Gasteiger partial charge is 0.341 e. The van der Waals surface area contributed by atoms with E-state index < -0.39 is 0 Å². The van der Waals surface area contributed by atoms with Gasteiger partial charge in [0, 0.05) is 19.1 Å². The van der Waals surface area contributed by atoms with Crippen molar-refractivity contribution in [2.24, 2.45) is 5.73 Å². The van der Waals surface area contributed by atoms with E-state index in [-0.39, 0.29) is 18.0 Å². The van der Waals surface area contributed by atoms with Crippen LogP contribution in [0.2, 0.25) is 0 Å². The summed E-state index contributed by atoms with van der Waals surface area (Å²) in [4.78, 5) is 14.4. The Morgan fingerprint density at radius 3 is 2.87 bits per heavy atom. The zero-order chi connectivity index (χ0) is 16.2. The Morgan fingerprint density at radius 1 is 1.43 bits per heavy atom. The first-order valence-electron chi connectivity index (χ1n) is 7.83. The molecule has 0 unspecified atom stereocenters. The van der Waals surface area contributed by atoms with Crippen LogP contribution in [0.5, 0.6) is 0 Å². The molecule has 0 spiro atoms. The van der Waals surface area contributed by atoms with E-state index >= 15 is 0 Å². The van der Waals surface area contributed by atoms with Gasteiger partial charge in [-0.05, 0) is 35.4 Å². The molecule has 1 saturated heterocycles. The van der Waals surface area contributed by atoms with Crippen LogP contribution >= 0.6 is 0 Å². The molecule has 122 valence electrons. The highest BCUT2D eigenvalue weighted by Crippen LogP contribution is 2.15. The van der Waals surface area contributed by atoms with Crippen LogP contribution < -0.4 is 11.1 Å². The van der Waals surface area contributed by atoms with E-state index in [0.717, 1.165) is 12.1 Å². The molecule has 1 fully saturated rings. The lowest BCUT2D eigenvalue weighted by Crippen LogP contribution is -2.43. The van der Waals surface area contributed by atoms with Crippen LogP contribution in [0.4, 0.5) is 5.95 Å². The van der Waals surface area contributed by atoms with Crippen LogP contribution in [0.3, 0.4) is 0 Å². The Labute approximate surface area is 134 Å². The summed E-state index contributed by atoms with van der Waals surface area (Å²) >= 11 is 0. The highest BCUT2D eigenvalue weighted by Gasteiger charge is 2.29. The molecule has 2 heterocycles. The summed E-state index contributed by atoms with van der Waals surface area (Å²) in [7, 11) is 0. The number of rotatable bonds is 5. The number of aromatic nitrogens is 4. The highest BCUT2D eigenvalue weighted by molar-refractivity contribution is 5.84. The van der Waals surface area contributed by atoms with Crippen molar-refractivity contribution < 1.29 is 4.79 Å². The van der Waals surface area contributed by atoms with Gasteiger partial charge in [-0.1, -0.05) is 30.2 Å². The Balaban J connectivity index is 1.75. The normalized spacial score (nSPS) is 18.9. The maximum absolute atomic E-state index is 12.6. The Kier molecular flexibility index (Phi) is 4.52. The van der Waals surface area contributed by atoms with Crippen molar-refractivity contribution in [1.29, 1.82) is 0 Å². The molecule has 3 N–H and O–H groups in total. The van der Waals surface area contributed by atoms with Crippen LogP contribution in [0, 0.1) is 0 Å². The molecule has 2 aromatic rings. The van der Waals surface area contributed by atoms with E-state index in [1.807, 2.05) is 42.2 Å². The van der Waals surface area contributed by atoms with E-state index in [1.165, 1.54) is 0 Å². The van der Waals surface area contributed by atoms with Crippen LogP contribution in [0.15, 0.2) is 30.3 Å². The molecule has 1 aromatic carbocycles. The predicted octanol–water partition coefficient (Wildman–Crippen LogP) is 0.412. The number of hydrogen-bond acceptors (Lipinski definition) is 6. The summed E-state index contributed by atoms with van der Waals surface area (Å²) < 4.78 is 1.59. The molecule has 23 heavy (non-hydrogen) atoms. The molecule has 1 amide bonds. The second-order valence-corrected chi connectivity index (χ2v) is 5.69. The van der Waals surface area contributed by atoms with Gasteiger partial charge >= 0.3 is 0 Å². The zero-order valence-electron chi connectivity index (χ0n) is 13.1. The molecule has 1 aliphatic rings. The van der Waals surface area contributed by atoms with Crippen molar-refractivity contribution in [1.82, 2.24) is 25.1 Å². The quantitative estimate of drug-likeness (QED) is 0.829. The summed E-state index contributed by atoms with van der Waals surface area (Å²) in [6, 6.07) is 9.27. The first-order valence-corrected chi connectivity index (χ1v) is 7.83. The molecule has 0 saturated carbocycles. The fourth-order valence-electron chi connectivity index (χ4n) is 2.72. The number of benzene rings is 1. The van der Waals surface area contributed by atoms with Gasteiger partial charge in [0.25, 0.3) is 0 Å². The number of carbonyl (C=O) groups excluding carboxylic acids is 1. The summed E-state index contributed by atoms with van der Waals surface area (Å²) in [5.41, 5.74) is 6.73. The van der Waals surface area contributed by atoms with Crippen molar-refractivity contribution >= 4 is 11.9 Å². The minimum Gasteiger partial charge on any atom is -0.341 e. The van der Waals surface area contributed by atoms with Crippen molar-refractivity contribution in [3.63, 3.8) is 0 Å². The lowest BCUT2D eigenvalue weighted by molar-refractivity contribution is -0.131. The zero-order valence-corrected chi connectivity index (χ0v) is 13.1. The van der Waals surface area contributed by atoms with E-state index in [2.05, 4.69) is 20.8 Å². The van der Waals surface area contributed by atoms with Crippen molar-refractivity contribution in [2.75, 3.05) is 18.4 Å². The summed E-state index contributed by atoms with van der Waals surface area (Å²) in [6.45, 7) is 3.28. The number of nitrogens with one attached hydrogen (secondary N) is 1. The van der Waals surface area contributed by atoms with Gasteiger partial charge in [0.2, 0.25) is 11.9 Å². The molecular formula is C15H21N7O. The fraction of sp³-hybridized carbons (Fsp3) is 0.467. The Hall–Kier alpha value is -2.48. The van der Waals surface area contributed by atoms with Gasteiger partial charge < -0.3 is 16.0 Å². The maximum Gasteiger partial charge on any atom is 0.248 e. The average Bonchev–Trinajstić information content (AvgIpc) is 3.21. The second-order valence-electron chi connectivity index (χ2n) is 5.69. The summed E-state index contributed by atoms with van der Waals surface area (Å²) in [6.07, 6.45) is 1.50. The molecule has 0 bridgehead atoms. The fourth-order valence-corrected chi connectivity index (χ4v) is 2.72. The molecular weight excluding hydrogens is 294 g/mol. The van der Waals surface area contributed by atoms with Crippen LogP contribution in [0.1, 0.15) is 19.8 Å². The topological polar surface area (TPSA) is 102 Å². The molecule has 8 nitrogen and oxygen atoms in total. The van der Waals surface area contributed by atoms with E-state index in [9.17, 15) is 4.79 Å². The molecule has 1 aliphatic heterocycles. The van der Waals surface area contributed by atoms with Crippen LogP contribution in [-0.2, 0) is 4.79 Å². The predicted molar refractivity (Wildman–Crippen MR) is 86.0 cm³/mol. The number of nitrogens with zero attached hydrogens (tertiary/aromatic N) is 5. The Bertz CT molecular complexity index is 657. The third kappa shape index (κ3) is 3.31. The third-order valence-corrected chi connectivity index (χ3v) is 4.02. The average molecular weight is 315 g/mol. The number of amides is 1. The number of tetrazole rings is 1. The molecule has 3 rings (SSSR count). The van der Waals surface area contributed by atoms with Crippen LogP contribution in [0.25, 0.3) is 5.69 Å². The number of carbonyl (C=O) groups is 1. The first kappa shape index (κ1) is 15.4. The highest BCUT2D eigenvalue weighted by atomic mass is 16.2. The Morgan fingerprint density at radius 2 is 2.22 bits per heavy atom. The minimum atomic E-state index is -0.367. The number of para-hydroxylation sites is 1. The first-order chi connectivity index (χ1) is 11.2.